The van der Waals surface area contributed by atoms with E-state index in [4.69, 9.17) is 9.47 Å². The SMILES string of the molecule is CC(C)CCCCOc1ccc2c(c1)sc1c3ccc(OCCCCC(C)C)cc3sc21. The number of thiophene rings is 2. The Kier molecular flexibility index (Phi) is 7.96. The van der Waals surface area contributed by atoms with Gasteiger partial charge < -0.3 is 9.47 Å². The summed E-state index contributed by atoms with van der Waals surface area (Å²) in [5, 5.41) is 2.68. The molecule has 2 heterocycles. The van der Waals surface area contributed by atoms with Crippen molar-refractivity contribution in [2.24, 2.45) is 11.8 Å². The van der Waals surface area contributed by atoms with Crippen molar-refractivity contribution in [2.75, 3.05) is 13.2 Å². The average molecular weight is 469 g/mol. The summed E-state index contributed by atoms with van der Waals surface area (Å²) >= 11 is 3.76. The number of rotatable bonds is 12. The van der Waals surface area contributed by atoms with E-state index in [2.05, 4.69) is 64.1 Å². The van der Waals surface area contributed by atoms with Crippen LogP contribution in [0.1, 0.15) is 66.2 Å². The molecular weight excluding hydrogens is 432 g/mol. The van der Waals surface area contributed by atoms with E-state index in [0.29, 0.717) is 0 Å². The molecular formula is C28H36O2S2. The van der Waals surface area contributed by atoms with Gasteiger partial charge in [-0.1, -0.05) is 40.5 Å². The summed E-state index contributed by atoms with van der Waals surface area (Å²) in [6, 6.07) is 13.2. The van der Waals surface area contributed by atoms with Crippen molar-refractivity contribution in [2.45, 2.75) is 66.2 Å². The van der Waals surface area contributed by atoms with Gasteiger partial charge >= 0.3 is 0 Å². The van der Waals surface area contributed by atoms with Gasteiger partial charge in [-0.05, 0) is 73.9 Å². The Morgan fingerprint density at radius 2 is 1.06 bits per heavy atom. The summed E-state index contributed by atoms with van der Waals surface area (Å²) in [4.78, 5) is 0. The van der Waals surface area contributed by atoms with Gasteiger partial charge in [0.05, 0.1) is 22.6 Å². The number of ether oxygens (including phenoxy) is 2. The molecule has 2 aromatic carbocycles. The third-order valence-electron chi connectivity index (χ3n) is 5.91. The quantitative estimate of drug-likeness (QED) is 0.193. The van der Waals surface area contributed by atoms with Crippen LogP contribution >= 0.6 is 22.7 Å². The Labute approximate surface area is 200 Å². The zero-order chi connectivity index (χ0) is 22.5. The highest BCUT2D eigenvalue weighted by atomic mass is 32.1. The van der Waals surface area contributed by atoms with E-state index in [9.17, 15) is 0 Å². The first-order chi connectivity index (χ1) is 15.5. The van der Waals surface area contributed by atoms with E-state index in [1.807, 2.05) is 22.7 Å². The molecule has 2 nitrogen and oxygen atoms in total. The maximum atomic E-state index is 6.03. The van der Waals surface area contributed by atoms with E-state index in [0.717, 1.165) is 49.4 Å². The maximum absolute atomic E-state index is 6.03. The van der Waals surface area contributed by atoms with Crippen LogP contribution in [0.4, 0.5) is 0 Å². The van der Waals surface area contributed by atoms with E-state index < -0.39 is 0 Å². The Hall–Kier alpha value is -1.78. The van der Waals surface area contributed by atoms with Crippen LogP contribution in [0.2, 0.25) is 0 Å². The second-order valence-corrected chi connectivity index (χ2v) is 11.8. The zero-order valence-electron chi connectivity index (χ0n) is 19.9. The third-order valence-corrected chi connectivity index (χ3v) is 8.42. The van der Waals surface area contributed by atoms with Gasteiger partial charge in [-0.2, -0.15) is 0 Å². The minimum Gasteiger partial charge on any atom is -0.494 e. The van der Waals surface area contributed by atoms with Gasteiger partial charge in [0.2, 0.25) is 0 Å². The summed E-state index contributed by atoms with van der Waals surface area (Å²) in [7, 11) is 0. The summed E-state index contributed by atoms with van der Waals surface area (Å²) in [5.41, 5.74) is 0. The smallest absolute Gasteiger partial charge is 0.120 e. The normalized spacial score (nSPS) is 12.1. The maximum Gasteiger partial charge on any atom is 0.120 e. The standard InChI is InChI=1S/C28H36O2S2/c1-19(2)9-5-7-15-29-21-11-13-23-25(17-21)31-28-24-14-12-22(18-26(24)32-27(23)28)30-16-8-6-10-20(3)4/h11-14,17-20H,5-10,15-16H2,1-4H3. The first kappa shape index (κ1) is 23.4. The Morgan fingerprint density at radius 1 is 0.625 bits per heavy atom. The lowest BCUT2D eigenvalue weighted by Gasteiger charge is -2.07. The van der Waals surface area contributed by atoms with Crippen LogP contribution in [0.15, 0.2) is 36.4 Å². The number of fused-ring (bicyclic) bond motifs is 5. The molecule has 0 aliphatic carbocycles. The van der Waals surface area contributed by atoms with Crippen molar-refractivity contribution >= 4 is 52.2 Å². The monoisotopic (exact) mass is 468 g/mol. The molecule has 4 rings (SSSR count). The lowest BCUT2D eigenvalue weighted by molar-refractivity contribution is 0.302. The molecule has 0 aliphatic rings. The van der Waals surface area contributed by atoms with Crippen LogP contribution in [0, 0.1) is 11.8 Å². The molecule has 0 aliphatic heterocycles. The molecule has 0 atom stereocenters. The molecule has 0 bridgehead atoms. The van der Waals surface area contributed by atoms with Crippen molar-refractivity contribution in [3.8, 4) is 11.5 Å². The Balaban J connectivity index is 1.42. The highest BCUT2D eigenvalue weighted by Crippen LogP contribution is 2.45. The largest absolute Gasteiger partial charge is 0.494 e. The lowest BCUT2D eigenvalue weighted by Crippen LogP contribution is -1.98. The molecule has 0 saturated heterocycles. The topological polar surface area (TPSA) is 18.5 Å². The molecule has 2 aromatic heterocycles. The van der Waals surface area contributed by atoms with Crippen LogP contribution < -0.4 is 9.47 Å². The van der Waals surface area contributed by atoms with Gasteiger partial charge in [-0.25, -0.2) is 0 Å². The molecule has 172 valence electrons. The molecule has 0 saturated carbocycles. The predicted molar refractivity (Wildman–Crippen MR) is 143 cm³/mol. The van der Waals surface area contributed by atoms with Crippen molar-refractivity contribution < 1.29 is 9.47 Å². The molecule has 4 aromatic rings. The highest BCUT2D eigenvalue weighted by molar-refractivity contribution is 7.36. The van der Waals surface area contributed by atoms with Gasteiger partial charge in [-0.15, -0.1) is 22.7 Å². The lowest BCUT2D eigenvalue weighted by atomic mass is 10.1. The van der Waals surface area contributed by atoms with Gasteiger partial charge in [0.25, 0.3) is 0 Å². The van der Waals surface area contributed by atoms with Crippen LogP contribution in [0.25, 0.3) is 29.6 Å². The summed E-state index contributed by atoms with van der Waals surface area (Å²) in [6.07, 6.45) is 7.29. The fraction of sp³-hybridized carbons (Fsp3) is 0.500. The van der Waals surface area contributed by atoms with Crippen LogP contribution in [0.5, 0.6) is 11.5 Å². The van der Waals surface area contributed by atoms with E-state index >= 15 is 0 Å². The number of unbranched alkanes of at least 4 members (excludes halogenated alkanes) is 2. The molecule has 0 amide bonds. The Morgan fingerprint density at radius 3 is 1.47 bits per heavy atom. The summed E-state index contributed by atoms with van der Waals surface area (Å²) in [5.74, 6) is 3.54. The van der Waals surface area contributed by atoms with Crippen LogP contribution in [-0.2, 0) is 0 Å². The fourth-order valence-electron chi connectivity index (χ4n) is 4.09. The van der Waals surface area contributed by atoms with Crippen LogP contribution in [0.3, 0.4) is 0 Å². The molecule has 0 spiro atoms. The van der Waals surface area contributed by atoms with Gasteiger partial charge in [0, 0.05) is 20.2 Å². The van der Waals surface area contributed by atoms with Crippen molar-refractivity contribution in [1.29, 1.82) is 0 Å². The van der Waals surface area contributed by atoms with Crippen molar-refractivity contribution in [1.82, 2.24) is 0 Å². The molecule has 0 unspecified atom stereocenters. The van der Waals surface area contributed by atoms with E-state index in [1.54, 1.807) is 0 Å². The number of benzene rings is 2. The van der Waals surface area contributed by atoms with Crippen molar-refractivity contribution in [3.63, 3.8) is 0 Å². The van der Waals surface area contributed by atoms with E-state index in [1.165, 1.54) is 55.3 Å². The Bertz CT molecular complexity index is 1060. The van der Waals surface area contributed by atoms with Crippen LogP contribution in [-0.4, -0.2) is 13.2 Å². The second kappa shape index (κ2) is 10.9. The minimum atomic E-state index is 0.776. The van der Waals surface area contributed by atoms with Gasteiger partial charge in [0.1, 0.15) is 11.5 Å². The first-order valence-corrected chi connectivity index (χ1v) is 13.8. The zero-order valence-corrected chi connectivity index (χ0v) is 21.5. The molecule has 0 N–H and O–H groups in total. The highest BCUT2D eigenvalue weighted by Gasteiger charge is 2.13. The predicted octanol–water partition coefficient (Wildman–Crippen LogP) is 9.68. The van der Waals surface area contributed by atoms with Gasteiger partial charge in [-0.3, -0.25) is 0 Å². The number of hydrogen-bond acceptors (Lipinski definition) is 4. The minimum absolute atomic E-state index is 0.776. The number of hydrogen-bond donors (Lipinski definition) is 0. The molecule has 32 heavy (non-hydrogen) atoms. The average Bonchev–Trinajstić information content (AvgIpc) is 3.28. The molecule has 4 heteroatoms. The summed E-state index contributed by atoms with van der Waals surface area (Å²) < 4.78 is 17.5. The van der Waals surface area contributed by atoms with Gasteiger partial charge in [0.15, 0.2) is 0 Å². The fourth-order valence-corrected chi connectivity index (χ4v) is 6.80. The first-order valence-electron chi connectivity index (χ1n) is 12.2. The molecule has 0 radical (unpaired) electrons. The summed E-state index contributed by atoms with van der Waals surface area (Å²) in [6.45, 7) is 10.7. The second-order valence-electron chi connectivity index (χ2n) is 9.65. The van der Waals surface area contributed by atoms with E-state index in [-0.39, 0.29) is 0 Å². The third kappa shape index (κ3) is 5.77. The molecule has 0 fully saturated rings. The van der Waals surface area contributed by atoms with Crippen molar-refractivity contribution in [3.05, 3.63) is 36.4 Å².